The van der Waals surface area contributed by atoms with Crippen LogP contribution in [0.4, 0.5) is 24.5 Å². The lowest BCUT2D eigenvalue weighted by Crippen LogP contribution is -2.53. The summed E-state index contributed by atoms with van der Waals surface area (Å²) in [7, 11) is 13.2. The lowest BCUT2D eigenvalue weighted by Gasteiger charge is -2.38. The molecule has 2 N–H and O–H groups in total. The monoisotopic (exact) mass is 751 g/mol. The molecule has 3 aromatic heterocycles. The second-order valence-electron chi connectivity index (χ2n) is 11.9. The number of nitrogens with zero attached hydrogens (tertiary/aromatic N) is 8. The molecule has 5 heterocycles. The van der Waals surface area contributed by atoms with Gasteiger partial charge in [0, 0.05) is 37.2 Å². The van der Waals surface area contributed by atoms with Crippen molar-refractivity contribution in [2.75, 3.05) is 49.6 Å². The number of anilines is 2. The van der Waals surface area contributed by atoms with Crippen LogP contribution >= 0.6 is 11.6 Å². The molecule has 20 heteroatoms. The van der Waals surface area contributed by atoms with E-state index in [0.29, 0.717) is 31.3 Å². The number of rotatable bonds is 7. The first-order chi connectivity index (χ1) is 25.1. The molecule has 0 atom stereocenters. The normalized spacial score (nSPS) is 15.1. The van der Waals surface area contributed by atoms with Gasteiger partial charge in [-0.15, -0.1) is 5.10 Å². The summed E-state index contributed by atoms with van der Waals surface area (Å²) >= 11 is 6.11. The molecule has 4 radical (unpaired) electrons. The van der Waals surface area contributed by atoms with E-state index in [2.05, 4.69) is 25.4 Å². The first-order valence-electron chi connectivity index (χ1n) is 16.8. The summed E-state index contributed by atoms with van der Waals surface area (Å²) in [5, 5.41) is 14.3. The molecule has 53 heavy (non-hydrogen) atoms. The topological polar surface area (TPSA) is 160 Å². The number of aromatic hydroxyl groups is 1. The third-order valence-corrected chi connectivity index (χ3v) is 9.00. The van der Waals surface area contributed by atoms with Gasteiger partial charge >= 0.3 is 6.18 Å². The standard InChI is InChI=1S/C31H29B2ClF3N9O5.C2H6/c1-3-21-23(43-8-10-44(11-9-43)26(48)22-24(47)16(2)38-15-39-22)27(49)46-29(41-25(42-46)17-6-12-51-13-7-17)45(21)30(32,33)28(50)40-20-5-4-18(14-19(20)34)31(35,36)37;1-2/h4-6,14-15,47H,3,7-13H2,1-2H3,(H,40,50);1-2H3. The molecule has 6 rings (SSSR count). The minimum atomic E-state index is -4.67. The van der Waals surface area contributed by atoms with Crippen molar-refractivity contribution in [2.45, 2.75) is 52.1 Å². The van der Waals surface area contributed by atoms with Gasteiger partial charge in [0.05, 0.1) is 35.2 Å². The molecule has 0 saturated carbocycles. The predicted octanol–water partition coefficient (Wildman–Crippen LogP) is 3.31. The highest BCUT2D eigenvalue weighted by Gasteiger charge is 2.38. The summed E-state index contributed by atoms with van der Waals surface area (Å²) in [6, 6.07) is 2.37. The zero-order chi connectivity index (χ0) is 38.8. The molecule has 276 valence electrons. The quantitative estimate of drug-likeness (QED) is 0.269. The number of benzene rings is 1. The van der Waals surface area contributed by atoms with Crippen LogP contribution in [0.5, 0.6) is 5.75 Å². The van der Waals surface area contributed by atoms with Crippen molar-refractivity contribution in [3.05, 3.63) is 74.4 Å². The van der Waals surface area contributed by atoms with E-state index in [-0.39, 0.29) is 78.4 Å². The van der Waals surface area contributed by atoms with Gasteiger partial charge in [-0.3, -0.25) is 14.4 Å². The average molecular weight is 752 g/mol. The van der Waals surface area contributed by atoms with Gasteiger partial charge in [-0.05, 0) is 43.5 Å². The van der Waals surface area contributed by atoms with Gasteiger partial charge in [-0.25, -0.2) is 9.97 Å². The number of amides is 2. The van der Waals surface area contributed by atoms with Crippen LogP contribution in [-0.2, 0) is 27.5 Å². The Bertz CT molecular complexity index is 2130. The van der Waals surface area contributed by atoms with E-state index >= 15 is 0 Å². The third kappa shape index (κ3) is 7.62. The van der Waals surface area contributed by atoms with Gasteiger partial charge in [0.2, 0.25) is 11.7 Å². The Morgan fingerprint density at radius 2 is 1.81 bits per heavy atom. The highest BCUT2D eigenvalue weighted by Crippen LogP contribution is 2.35. The number of aryl methyl sites for hydroxylation is 1. The van der Waals surface area contributed by atoms with E-state index in [1.807, 2.05) is 13.8 Å². The van der Waals surface area contributed by atoms with E-state index in [4.69, 9.17) is 32.0 Å². The van der Waals surface area contributed by atoms with Crippen molar-refractivity contribution in [1.29, 1.82) is 0 Å². The molecule has 0 bridgehead atoms. The highest BCUT2D eigenvalue weighted by molar-refractivity contribution is 6.50. The Morgan fingerprint density at radius 3 is 2.42 bits per heavy atom. The van der Waals surface area contributed by atoms with Crippen molar-refractivity contribution in [1.82, 2.24) is 34.0 Å². The summed E-state index contributed by atoms with van der Waals surface area (Å²) in [5.74, 6) is -1.91. The van der Waals surface area contributed by atoms with Gasteiger partial charge in [0.1, 0.15) is 27.7 Å². The highest BCUT2D eigenvalue weighted by atomic mass is 35.5. The van der Waals surface area contributed by atoms with Crippen molar-refractivity contribution in [3.63, 3.8) is 0 Å². The van der Waals surface area contributed by atoms with Crippen LogP contribution in [0.2, 0.25) is 5.02 Å². The maximum Gasteiger partial charge on any atom is 0.416 e. The molecule has 2 amide bonds. The SMILES string of the molecule is CC.[B]C([B])(C(=O)Nc1ccc(C(F)(F)F)cc1Cl)n1c(CC)c(N2CCN(C(=O)c3ncnc(C)c3O)CC2)c(=O)n2nc(C3=CCOCC3)nc12. The number of fused-ring (bicyclic) bond motifs is 1. The zero-order valence-electron chi connectivity index (χ0n) is 29.4. The summed E-state index contributed by atoms with van der Waals surface area (Å²) in [5.41, 5.74) is -0.727. The van der Waals surface area contributed by atoms with Gasteiger partial charge < -0.3 is 29.5 Å². The minimum absolute atomic E-state index is 0.0934. The number of halogens is 4. The van der Waals surface area contributed by atoms with Crippen molar-refractivity contribution < 1.29 is 32.6 Å². The number of hydrogen-bond acceptors (Lipinski definition) is 10. The molecule has 0 aliphatic carbocycles. The van der Waals surface area contributed by atoms with E-state index in [1.54, 1.807) is 24.8 Å². The molecule has 14 nitrogen and oxygen atoms in total. The largest absolute Gasteiger partial charge is 0.504 e. The van der Waals surface area contributed by atoms with Gasteiger partial charge in [0.15, 0.2) is 17.3 Å². The zero-order valence-corrected chi connectivity index (χ0v) is 30.1. The predicted molar refractivity (Wildman–Crippen MR) is 193 cm³/mol. The van der Waals surface area contributed by atoms with Crippen LogP contribution in [-0.4, -0.2) is 106 Å². The lowest BCUT2D eigenvalue weighted by atomic mass is 9.60. The van der Waals surface area contributed by atoms with Crippen LogP contribution in [0.15, 0.2) is 35.4 Å². The van der Waals surface area contributed by atoms with Crippen molar-refractivity contribution >= 4 is 61.8 Å². The first-order valence-corrected chi connectivity index (χ1v) is 17.1. The average Bonchev–Trinajstić information content (AvgIpc) is 3.59. The van der Waals surface area contributed by atoms with Gasteiger partial charge in [-0.2, -0.15) is 22.7 Å². The van der Waals surface area contributed by atoms with Crippen molar-refractivity contribution in [3.8, 4) is 5.75 Å². The van der Waals surface area contributed by atoms with E-state index in [1.165, 1.54) is 15.8 Å². The number of nitrogens with one attached hydrogen (secondary N) is 1. The molecule has 1 saturated heterocycles. The maximum atomic E-state index is 14.3. The number of hydrogen-bond donors (Lipinski definition) is 2. The smallest absolute Gasteiger partial charge is 0.416 e. The Balaban J connectivity index is 0.00000266. The van der Waals surface area contributed by atoms with E-state index in [0.717, 1.165) is 16.6 Å². The van der Waals surface area contributed by atoms with Crippen LogP contribution in [0.1, 0.15) is 60.5 Å². The van der Waals surface area contributed by atoms with E-state index < -0.39 is 39.5 Å². The Morgan fingerprint density at radius 1 is 1.11 bits per heavy atom. The molecule has 2 aliphatic rings. The first kappa shape index (κ1) is 39.3. The number of piperazine rings is 1. The molecule has 1 fully saturated rings. The Labute approximate surface area is 309 Å². The second kappa shape index (κ2) is 15.6. The Hall–Kier alpha value is -4.90. The summed E-state index contributed by atoms with van der Waals surface area (Å²) in [6.07, 6.45) is -1.18. The van der Waals surface area contributed by atoms with Crippen LogP contribution in [0.3, 0.4) is 0 Å². The van der Waals surface area contributed by atoms with E-state index in [9.17, 15) is 32.7 Å². The third-order valence-electron chi connectivity index (χ3n) is 8.68. The van der Waals surface area contributed by atoms with Crippen LogP contribution < -0.4 is 15.8 Å². The number of carbonyl (C=O) groups excluding carboxylic acids is 2. The fourth-order valence-electron chi connectivity index (χ4n) is 5.96. The molecule has 4 aromatic rings. The number of alkyl halides is 3. The molecule has 2 aliphatic heterocycles. The maximum absolute atomic E-state index is 14.3. The molecule has 1 aromatic carbocycles. The summed E-state index contributed by atoms with van der Waals surface area (Å²) < 4.78 is 47.3. The Kier molecular flexibility index (Phi) is 11.6. The fraction of sp³-hybridized carbons (Fsp3) is 0.424. The van der Waals surface area contributed by atoms with Gasteiger partial charge in [-0.1, -0.05) is 38.4 Å². The van der Waals surface area contributed by atoms with Crippen molar-refractivity contribution in [2.24, 2.45) is 0 Å². The molecule has 0 spiro atoms. The molecular weight excluding hydrogens is 716 g/mol. The minimum Gasteiger partial charge on any atom is -0.504 e. The fourth-order valence-corrected chi connectivity index (χ4v) is 6.18. The second-order valence-corrected chi connectivity index (χ2v) is 12.3. The number of ether oxygens (including phenoxy) is 1. The van der Waals surface area contributed by atoms with Crippen LogP contribution in [0.25, 0.3) is 11.4 Å². The van der Waals surface area contributed by atoms with Gasteiger partial charge in [0.25, 0.3) is 11.5 Å². The van der Waals surface area contributed by atoms with Crippen LogP contribution in [0, 0.1) is 6.92 Å². The lowest BCUT2D eigenvalue weighted by molar-refractivity contribution is -0.137. The number of carbonyl (C=O) groups is 2. The summed E-state index contributed by atoms with van der Waals surface area (Å²) in [4.78, 5) is 57.0. The number of aromatic nitrogens is 6. The molecule has 0 unspecified atom stereocenters. The molecular formula is C33H35B2ClF3N9O5. The summed E-state index contributed by atoms with van der Waals surface area (Å²) in [6.45, 7) is 8.48.